The molecular formula is C13H21NO2. The van der Waals surface area contributed by atoms with Crippen molar-refractivity contribution in [3.05, 3.63) is 12.2 Å². The van der Waals surface area contributed by atoms with Gasteiger partial charge in [0.25, 0.3) is 0 Å². The highest BCUT2D eigenvalue weighted by Crippen LogP contribution is 2.24. The molecule has 1 saturated heterocycles. The average molecular weight is 223 g/mol. The quantitative estimate of drug-likeness (QED) is 0.722. The Hall–Kier alpha value is -0.830. The van der Waals surface area contributed by atoms with Gasteiger partial charge in [-0.1, -0.05) is 12.2 Å². The second-order valence-electron chi connectivity index (χ2n) is 4.93. The van der Waals surface area contributed by atoms with Gasteiger partial charge in [-0.3, -0.25) is 4.79 Å². The lowest BCUT2D eigenvalue weighted by atomic mass is 9.91. The zero-order valence-corrected chi connectivity index (χ0v) is 9.77. The molecule has 1 unspecified atom stereocenters. The van der Waals surface area contributed by atoms with Crippen molar-refractivity contribution in [2.75, 3.05) is 19.7 Å². The van der Waals surface area contributed by atoms with Crippen LogP contribution in [0.4, 0.5) is 0 Å². The van der Waals surface area contributed by atoms with Crippen molar-refractivity contribution in [2.45, 2.75) is 32.1 Å². The number of carbonyl (C=O) groups is 1. The molecule has 2 aliphatic rings. The standard InChI is InChI=1S/C13H21NO2/c15-10-11-6-8-14(9-7-11)13(16)12-4-2-1-3-5-12/h1-2,11-12,15H,3-10H2. The van der Waals surface area contributed by atoms with E-state index in [1.165, 1.54) is 0 Å². The van der Waals surface area contributed by atoms with Gasteiger partial charge in [0.15, 0.2) is 0 Å². The van der Waals surface area contributed by atoms with E-state index >= 15 is 0 Å². The van der Waals surface area contributed by atoms with Gasteiger partial charge >= 0.3 is 0 Å². The van der Waals surface area contributed by atoms with Crippen LogP contribution in [0.1, 0.15) is 32.1 Å². The molecule has 1 heterocycles. The minimum Gasteiger partial charge on any atom is -0.396 e. The number of likely N-dealkylation sites (tertiary alicyclic amines) is 1. The molecule has 1 fully saturated rings. The van der Waals surface area contributed by atoms with E-state index in [1.54, 1.807) is 0 Å². The third-order valence-electron chi connectivity index (χ3n) is 3.80. The molecule has 0 aromatic heterocycles. The second kappa shape index (κ2) is 5.48. The first-order chi connectivity index (χ1) is 7.81. The molecular weight excluding hydrogens is 202 g/mol. The number of aliphatic hydroxyl groups excluding tert-OH is 1. The summed E-state index contributed by atoms with van der Waals surface area (Å²) in [6.45, 7) is 1.95. The molecule has 0 spiro atoms. The molecule has 1 atom stereocenters. The predicted molar refractivity (Wildman–Crippen MR) is 62.9 cm³/mol. The summed E-state index contributed by atoms with van der Waals surface area (Å²) in [7, 11) is 0. The van der Waals surface area contributed by atoms with Gasteiger partial charge in [-0.15, -0.1) is 0 Å². The summed E-state index contributed by atoms with van der Waals surface area (Å²) >= 11 is 0. The highest BCUT2D eigenvalue weighted by atomic mass is 16.3. The van der Waals surface area contributed by atoms with E-state index < -0.39 is 0 Å². The minimum atomic E-state index is 0.218. The Labute approximate surface area is 97.1 Å². The zero-order valence-electron chi connectivity index (χ0n) is 9.77. The second-order valence-corrected chi connectivity index (χ2v) is 4.93. The van der Waals surface area contributed by atoms with E-state index in [2.05, 4.69) is 12.2 Å². The van der Waals surface area contributed by atoms with Crippen molar-refractivity contribution in [2.24, 2.45) is 11.8 Å². The van der Waals surface area contributed by atoms with Crippen molar-refractivity contribution < 1.29 is 9.90 Å². The molecule has 2 rings (SSSR count). The van der Waals surface area contributed by atoms with Crippen molar-refractivity contribution in [3.63, 3.8) is 0 Å². The van der Waals surface area contributed by atoms with E-state index in [4.69, 9.17) is 5.11 Å². The third-order valence-corrected chi connectivity index (χ3v) is 3.80. The molecule has 0 saturated carbocycles. The fraction of sp³-hybridized carbons (Fsp3) is 0.769. The number of aliphatic hydroxyl groups is 1. The van der Waals surface area contributed by atoms with Gasteiger partial charge in [0.2, 0.25) is 5.91 Å². The van der Waals surface area contributed by atoms with Crippen LogP contribution < -0.4 is 0 Å². The molecule has 0 radical (unpaired) electrons. The van der Waals surface area contributed by atoms with Crippen LogP contribution in [0.25, 0.3) is 0 Å². The predicted octanol–water partition coefficient (Wildman–Crippen LogP) is 1.57. The van der Waals surface area contributed by atoms with E-state index in [0.717, 1.165) is 45.2 Å². The number of rotatable bonds is 2. The van der Waals surface area contributed by atoms with Crippen LogP contribution in [0.5, 0.6) is 0 Å². The Morgan fingerprint density at radius 3 is 2.56 bits per heavy atom. The highest BCUT2D eigenvalue weighted by molar-refractivity contribution is 5.79. The molecule has 3 heteroatoms. The summed E-state index contributed by atoms with van der Waals surface area (Å²) in [5.74, 6) is 0.965. The van der Waals surface area contributed by atoms with Gasteiger partial charge in [0.1, 0.15) is 0 Å². The lowest BCUT2D eigenvalue weighted by molar-refractivity contribution is -0.137. The summed E-state index contributed by atoms with van der Waals surface area (Å²) in [5, 5.41) is 9.05. The maximum atomic E-state index is 12.2. The fourth-order valence-corrected chi connectivity index (χ4v) is 2.61. The highest BCUT2D eigenvalue weighted by Gasteiger charge is 2.27. The largest absolute Gasteiger partial charge is 0.396 e. The Balaban J connectivity index is 1.84. The first-order valence-corrected chi connectivity index (χ1v) is 6.36. The molecule has 1 aliphatic heterocycles. The van der Waals surface area contributed by atoms with Crippen molar-refractivity contribution >= 4 is 5.91 Å². The lowest BCUT2D eigenvalue weighted by Gasteiger charge is -2.34. The van der Waals surface area contributed by atoms with Crippen LogP contribution in [0.2, 0.25) is 0 Å². The summed E-state index contributed by atoms with van der Waals surface area (Å²) in [4.78, 5) is 14.2. The topological polar surface area (TPSA) is 40.5 Å². The number of amides is 1. The summed E-state index contributed by atoms with van der Waals surface area (Å²) in [6, 6.07) is 0. The SMILES string of the molecule is O=C(C1CC=CCC1)N1CCC(CO)CC1. The van der Waals surface area contributed by atoms with Crippen molar-refractivity contribution in [1.29, 1.82) is 0 Å². The van der Waals surface area contributed by atoms with Crippen LogP contribution in [0.3, 0.4) is 0 Å². The van der Waals surface area contributed by atoms with E-state index in [1.807, 2.05) is 4.90 Å². The molecule has 0 aromatic rings. The van der Waals surface area contributed by atoms with Crippen LogP contribution in [-0.2, 0) is 4.79 Å². The van der Waals surface area contributed by atoms with Gasteiger partial charge in [-0.2, -0.15) is 0 Å². The Bertz CT molecular complexity index is 267. The first-order valence-electron chi connectivity index (χ1n) is 6.36. The number of piperidine rings is 1. The first kappa shape index (κ1) is 11.6. The Kier molecular flexibility index (Phi) is 3.99. The maximum absolute atomic E-state index is 12.2. The Morgan fingerprint density at radius 2 is 2.00 bits per heavy atom. The molecule has 1 N–H and O–H groups in total. The monoisotopic (exact) mass is 223 g/mol. The normalized spacial score (nSPS) is 27.1. The van der Waals surface area contributed by atoms with Crippen molar-refractivity contribution in [1.82, 2.24) is 4.90 Å². The van der Waals surface area contributed by atoms with E-state index in [0.29, 0.717) is 11.8 Å². The average Bonchev–Trinajstić information content (AvgIpc) is 2.39. The van der Waals surface area contributed by atoms with E-state index in [9.17, 15) is 4.79 Å². The van der Waals surface area contributed by atoms with Crippen LogP contribution in [0, 0.1) is 11.8 Å². The summed E-state index contributed by atoms with van der Waals surface area (Å²) in [5.41, 5.74) is 0. The molecule has 0 bridgehead atoms. The smallest absolute Gasteiger partial charge is 0.226 e. The number of carbonyl (C=O) groups excluding carboxylic acids is 1. The molecule has 1 aliphatic carbocycles. The van der Waals surface area contributed by atoms with E-state index in [-0.39, 0.29) is 12.5 Å². The Morgan fingerprint density at radius 1 is 1.25 bits per heavy atom. The molecule has 90 valence electrons. The van der Waals surface area contributed by atoms with Gasteiger partial charge < -0.3 is 10.0 Å². The van der Waals surface area contributed by atoms with Gasteiger partial charge in [0.05, 0.1) is 0 Å². The van der Waals surface area contributed by atoms with Crippen LogP contribution >= 0.6 is 0 Å². The maximum Gasteiger partial charge on any atom is 0.226 e. The number of nitrogens with zero attached hydrogens (tertiary/aromatic N) is 1. The van der Waals surface area contributed by atoms with Crippen LogP contribution in [-0.4, -0.2) is 35.6 Å². The van der Waals surface area contributed by atoms with Gasteiger partial charge in [-0.05, 0) is 38.0 Å². The number of allylic oxidation sites excluding steroid dienone is 2. The number of hydrogen-bond donors (Lipinski definition) is 1. The number of hydrogen-bond acceptors (Lipinski definition) is 2. The minimum absolute atomic E-state index is 0.218. The fourth-order valence-electron chi connectivity index (χ4n) is 2.61. The molecule has 16 heavy (non-hydrogen) atoms. The summed E-state index contributed by atoms with van der Waals surface area (Å²) < 4.78 is 0. The zero-order chi connectivity index (χ0) is 11.4. The lowest BCUT2D eigenvalue weighted by Crippen LogP contribution is -2.42. The molecule has 3 nitrogen and oxygen atoms in total. The molecule has 1 amide bonds. The third kappa shape index (κ3) is 2.64. The van der Waals surface area contributed by atoms with Gasteiger partial charge in [-0.25, -0.2) is 0 Å². The summed E-state index contributed by atoms with van der Waals surface area (Å²) in [6.07, 6.45) is 9.20. The van der Waals surface area contributed by atoms with Crippen molar-refractivity contribution in [3.8, 4) is 0 Å². The van der Waals surface area contributed by atoms with Gasteiger partial charge in [0, 0.05) is 25.6 Å². The van der Waals surface area contributed by atoms with Crippen LogP contribution in [0.15, 0.2) is 12.2 Å². The molecule has 0 aromatic carbocycles.